The highest BCUT2D eigenvalue weighted by Crippen LogP contribution is 2.42. The number of carboxylic acids is 1. The average Bonchev–Trinajstić information content (AvgIpc) is 3.24. The number of carboxylic acid groups (broad SMARTS) is 1. The maximum absolute atomic E-state index is 10.7. The molecule has 1 saturated carbocycles. The lowest BCUT2D eigenvalue weighted by Gasteiger charge is -2.29. The summed E-state index contributed by atoms with van der Waals surface area (Å²) in [5.41, 5.74) is 5.95. The molecule has 0 bridgehead atoms. The molecular weight excluding hydrogens is 444 g/mol. The van der Waals surface area contributed by atoms with E-state index in [1.54, 1.807) is 0 Å². The van der Waals surface area contributed by atoms with E-state index in [1.165, 1.54) is 16.8 Å². The molecule has 0 saturated heterocycles. The first-order chi connectivity index (χ1) is 16.6. The number of hydrogen-bond acceptors (Lipinski definition) is 4. The van der Waals surface area contributed by atoms with Crippen molar-refractivity contribution in [3.63, 3.8) is 0 Å². The molecule has 1 heterocycles. The molecule has 0 spiro atoms. The van der Waals surface area contributed by atoms with Gasteiger partial charge < -0.3 is 9.84 Å². The second-order valence-corrected chi connectivity index (χ2v) is 10.4. The highest BCUT2D eigenvalue weighted by Gasteiger charge is 2.27. The van der Waals surface area contributed by atoms with Crippen LogP contribution in [0, 0.1) is 11.8 Å². The Balaban J connectivity index is 1.60. The third kappa shape index (κ3) is 5.91. The van der Waals surface area contributed by atoms with Crippen LogP contribution in [0.1, 0.15) is 43.6 Å². The zero-order valence-corrected chi connectivity index (χ0v) is 20.8. The quantitative estimate of drug-likeness (QED) is 0.358. The molecule has 1 unspecified atom stereocenters. The van der Waals surface area contributed by atoms with Gasteiger partial charge in [0, 0.05) is 22.9 Å². The van der Waals surface area contributed by atoms with Gasteiger partial charge in [-0.3, -0.25) is 4.68 Å². The van der Waals surface area contributed by atoms with Crippen LogP contribution in [0.2, 0.25) is 0 Å². The molecule has 1 atom stereocenters. The van der Waals surface area contributed by atoms with Gasteiger partial charge in [0.25, 0.3) is 0 Å². The van der Waals surface area contributed by atoms with Crippen LogP contribution < -0.4 is 0 Å². The van der Waals surface area contributed by atoms with Gasteiger partial charge in [0.15, 0.2) is 0 Å². The summed E-state index contributed by atoms with van der Waals surface area (Å²) in [7, 11) is 0. The monoisotopic (exact) mass is 478 g/mol. The second kappa shape index (κ2) is 11.7. The van der Waals surface area contributed by atoms with Crippen LogP contribution in [0.15, 0.2) is 60.7 Å². The summed E-state index contributed by atoms with van der Waals surface area (Å²) in [5.74, 6) is 0.125. The fourth-order valence-corrected chi connectivity index (χ4v) is 5.43. The van der Waals surface area contributed by atoms with Crippen molar-refractivity contribution in [1.29, 1.82) is 0 Å². The molecule has 1 aromatic heterocycles. The molecule has 5 nitrogen and oxygen atoms in total. The predicted molar refractivity (Wildman–Crippen MR) is 139 cm³/mol. The topological polar surface area (TPSA) is 64.4 Å². The summed E-state index contributed by atoms with van der Waals surface area (Å²) in [4.78, 5) is 10.7. The van der Waals surface area contributed by atoms with Crippen molar-refractivity contribution >= 4 is 17.7 Å². The number of aliphatic carboxylic acids is 1. The van der Waals surface area contributed by atoms with Gasteiger partial charge in [-0.2, -0.15) is 16.9 Å². The number of aromatic nitrogens is 2. The first-order valence-corrected chi connectivity index (χ1v) is 13.4. The molecule has 0 radical (unpaired) electrons. The van der Waals surface area contributed by atoms with Crippen LogP contribution in [0.5, 0.6) is 0 Å². The second-order valence-electron chi connectivity index (χ2n) is 9.20. The lowest BCUT2D eigenvalue weighted by atomic mass is 9.82. The number of nitrogens with zero attached hydrogens (tertiary/aromatic N) is 2. The summed E-state index contributed by atoms with van der Waals surface area (Å²) in [6.45, 7) is 3.53. The first-order valence-electron chi connectivity index (χ1n) is 12.1. The van der Waals surface area contributed by atoms with E-state index in [9.17, 15) is 4.79 Å². The molecule has 1 fully saturated rings. The van der Waals surface area contributed by atoms with E-state index in [0.29, 0.717) is 23.7 Å². The average molecular weight is 479 g/mol. The molecule has 180 valence electrons. The lowest BCUT2D eigenvalue weighted by Crippen LogP contribution is -2.24. The van der Waals surface area contributed by atoms with Crippen molar-refractivity contribution in [3.8, 4) is 22.4 Å². The molecule has 0 aliphatic heterocycles. The minimum absolute atomic E-state index is 0.201. The van der Waals surface area contributed by atoms with Crippen LogP contribution in [0.3, 0.4) is 0 Å². The molecule has 3 aromatic rings. The van der Waals surface area contributed by atoms with Crippen molar-refractivity contribution in [3.05, 3.63) is 66.4 Å². The summed E-state index contributed by atoms with van der Waals surface area (Å²) in [6, 6.07) is 21.1. The number of thioether (sulfide) groups is 1. The van der Waals surface area contributed by atoms with Gasteiger partial charge in [-0.15, -0.1) is 0 Å². The van der Waals surface area contributed by atoms with Gasteiger partial charge in [0.2, 0.25) is 0 Å². The Bertz CT molecular complexity index is 1060. The Morgan fingerprint density at radius 1 is 1.03 bits per heavy atom. The third-order valence-electron chi connectivity index (χ3n) is 6.82. The van der Waals surface area contributed by atoms with Gasteiger partial charge >= 0.3 is 5.97 Å². The first kappa shape index (κ1) is 24.6. The van der Waals surface area contributed by atoms with E-state index in [0.717, 1.165) is 43.5 Å². The largest absolute Gasteiger partial charge is 0.480 e. The maximum atomic E-state index is 10.7. The number of ether oxygens (including phenoxy) is 1. The van der Waals surface area contributed by atoms with Crippen molar-refractivity contribution < 1.29 is 14.6 Å². The van der Waals surface area contributed by atoms with E-state index in [1.807, 2.05) is 17.8 Å². The molecule has 1 aliphatic rings. The third-order valence-corrected chi connectivity index (χ3v) is 7.75. The fraction of sp³-hybridized carbons (Fsp3) is 0.429. The molecule has 34 heavy (non-hydrogen) atoms. The van der Waals surface area contributed by atoms with E-state index >= 15 is 0 Å². The minimum Gasteiger partial charge on any atom is -0.480 e. The van der Waals surface area contributed by atoms with E-state index in [-0.39, 0.29) is 6.61 Å². The lowest BCUT2D eigenvalue weighted by molar-refractivity contribution is -0.142. The smallest absolute Gasteiger partial charge is 0.329 e. The number of benzene rings is 2. The van der Waals surface area contributed by atoms with Gasteiger partial charge in [-0.25, -0.2) is 4.79 Å². The Kier molecular flexibility index (Phi) is 8.46. The Morgan fingerprint density at radius 3 is 2.21 bits per heavy atom. The molecule has 4 rings (SSSR count). The van der Waals surface area contributed by atoms with Crippen molar-refractivity contribution in [2.24, 2.45) is 11.8 Å². The van der Waals surface area contributed by atoms with Gasteiger partial charge in [0.1, 0.15) is 12.3 Å². The summed E-state index contributed by atoms with van der Waals surface area (Å²) < 4.78 is 7.63. The Labute approximate surface area is 206 Å². The molecular formula is C28H34N2O3S. The van der Waals surface area contributed by atoms with Gasteiger partial charge in [0.05, 0.1) is 12.3 Å². The van der Waals surface area contributed by atoms with Gasteiger partial charge in [-0.05, 0) is 56.3 Å². The molecule has 6 heteroatoms. The van der Waals surface area contributed by atoms with Crippen LogP contribution in [0.25, 0.3) is 22.4 Å². The minimum atomic E-state index is -0.897. The van der Waals surface area contributed by atoms with Crippen molar-refractivity contribution in [2.75, 3.05) is 19.5 Å². The van der Waals surface area contributed by atoms with Gasteiger partial charge in [-0.1, -0.05) is 60.7 Å². The van der Waals surface area contributed by atoms with Crippen LogP contribution >= 0.6 is 11.8 Å². The predicted octanol–water partition coefficient (Wildman–Crippen LogP) is 6.55. The van der Waals surface area contributed by atoms with E-state index in [2.05, 4.69) is 72.5 Å². The fourth-order valence-electron chi connectivity index (χ4n) is 4.96. The van der Waals surface area contributed by atoms with Crippen LogP contribution in [-0.2, 0) is 16.1 Å². The van der Waals surface area contributed by atoms with Crippen LogP contribution in [-0.4, -0.2) is 40.3 Å². The molecule has 1 N–H and O–H groups in total. The van der Waals surface area contributed by atoms with E-state index in [4.69, 9.17) is 14.9 Å². The van der Waals surface area contributed by atoms with Crippen molar-refractivity contribution in [1.82, 2.24) is 9.78 Å². The summed E-state index contributed by atoms with van der Waals surface area (Å²) in [5, 5.41) is 14.3. The normalized spacial score (nSPS) is 19.1. The Hall–Kier alpha value is -2.57. The molecule has 0 amide bonds. The SMILES string of the molecule is CSC(C)c1c(-c2ccccc2)c(-c2ccccc2)nn1CC1CCC(COCC(=O)O)CC1. The summed E-state index contributed by atoms with van der Waals surface area (Å²) >= 11 is 1.86. The molecule has 2 aromatic carbocycles. The van der Waals surface area contributed by atoms with Crippen LogP contribution in [0.4, 0.5) is 0 Å². The zero-order chi connectivity index (χ0) is 23.9. The van der Waals surface area contributed by atoms with Crippen molar-refractivity contribution in [2.45, 2.75) is 44.4 Å². The zero-order valence-electron chi connectivity index (χ0n) is 20.0. The number of rotatable bonds is 10. The molecule has 1 aliphatic carbocycles. The highest BCUT2D eigenvalue weighted by atomic mass is 32.2. The Morgan fingerprint density at radius 2 is 1.62 bits per heavy atom. The highest BCUT2D eigenvalue weighted by molar-refractivity contribution is 7.98. The number of hydrogen-bond donors (Lipinski definition) is 1. The summed E-state index contributed by atoms with van der Waals surface area (Å²) in [6.07, 6.45) is 6.57. The maximum Gasteiger partial charge on any atom is 0.329 e. The number of carbonyl (C=O) groups is 1. The standard InChI is InChI=1S/C28H34N2O3S/c1-20(34-2)28-26(23-9-5-3-6-10-23)27(24-11-7-4-8-12-24)29-30(28)17-21-13-15-22(16-14-21)18-33-19-25(31)32/h3-12,20-22H,13-19H2,1-2H3,(H,31,32). The van der Waals surface area contributed by atoms with E-state index < -0.39 is 5.97 Å².